The van der Waals surface area contributed by atoms with Gasteiger partial charge < -0.3 is 10.6 Å². The van der Waals surface area contributed by atoms with Gasteiger partial charge in [0, 0.05) is 13.1 Å². The zero-order valence-electron chi connectivity index (χ0n) is 15.0. The number of carbonyl (C=O) groups excluding carboxylic acids is 1. The van der Waals surface area contributed by atoms with Crippen molar-refractivity contribution >= 4 is 18.3 Å². The summed E-state index contributed by atoms with van der Waals surface area (Å²) in [4.78, 5) is 15.6. The van der Waals surface area contributed by atoms with Gasteiger partial charge in [-0.25, -0.2) is 0 Å². The van der Waals surface area contributed by atoms with Gasteiger partial charge in [0.25, 0.3) is 0 Å². The summed E-state index contributed by atoms with van der Waals surface area (Å²) >= 11 is 0. The van der Waals surface area contributed by atoms with Gasteiger partial charge in [-0.05, 0) is 43.7 Å². The molecule has 1 atom stereocenters. The maximum Gasteiger partial charge on any atom is 0.233 e. The first-order chi connectivity index (χ1) is 11.0. The summed E-state index contributed by atoms with van der Waals surface area (Å²) in [6.07, 6.45) is 6.57. The molecule has 3 nitrogen and oxygen atoms in total. The summed E-state index contributed by atoms with van der Waals surface area (Å²) in [7, 11) is 0. The van der Waals surface area contributed by atoms with Crippen LogP contribution in [0, 0.1) is 12.3 Å². The lowest BCUT2D eigenvalue weighted by molar-refractivity contribution is -0.138. The van der Waals surface area contributed by atoms with Crippen LogP contribution >= 0.6 is 12.4 Å². The second-order valence-electron chi connectivity index (χ2n) is 8.00. The molecule has 1 heterocycles. The lowest BCUT2D eigenvalue weighted by atomic mass is 9.68. The van der Waals surface area contributed by atoms with Crippen molar-refractivity contribution in [3.63, 3.8) is 0 Å². The molecule has 0 spiro atoms. The Balaban J connectivity index is 0.00000208. The number of nitrogens with zero attached hydrogens (tertiary/aromatic N) is 1. The molecule has 2 aliphatic rings. The van der Waals surface area contributed by atoms with E-state index in [4.69, 9.17) is 5.73 Å². The van der Waals surface area contributed by atoms with Gasteiger partial charge in [-0.15, -0.1) is 12.4 Å². The second kappa shape index (κ2) is 7.45. The Bertz CT molecular complexity index is 583. The van der Waals surface area contributed by atoms with Crippen molar-refractivity contribution < 1.29 is 4.79 Å². The quantitative estimate of drug-likeness (QED) is 0.900. The van der Waals surface area contributed by atoms with Crippen LogP contribution in [0.15, 0.2) is 24.3 Å². The van der Waals surface area contributed by atoms with E-state index in [0.29, 0.717) is 12.5 Å². The van der Waals surface area contributed by atoms with Crippen LogP contribution in [0.5, 0.6) is 0 Å². The van der Waals surface area contributed by atoms with Gasteiger partial charge >= 0.3 is 0 Å². The molecule has 3 rings (SSSR count). The van der Waals surface area contributed by atoms with Crippen LogP contribution in [0.4, 0.5) is 0 Å². The van der Waals surface area contributed by atoms with Gasteiger partial charge in [0.05, 0.1) is 5.41 Å². The van der Waals surface area contributed by atoms with E-state index in [1.165, 1.54) is 17.5 Å². The van der Waals surface area contributed by atoms with Gasteiger partial charge in [-0.3, -0.25) is 4.79 Å². The van der Waals surface area contributed by atoms with E-state index in [9.17, 15) is 4.79 Å². The fourth-order valence-electron chi connectivity index (χ4n) is 4.39. The van der Waals surface area contributed by atoms with Gasteiger partial charge in [0.2, 0.25) is 5.91 Å². The molecule has 1 aromatic carbocycles. The highest BCUT2D eigenvalue weighted by Crippen LogP contribution is 2.43. The molecule has 1 aromatic rings. The number of carbonyl (C=O) groups is 1. The summed E-state index contributed by atoms with van der Waals surface area (Å²) in [6.45, 7) is 6.66. The van der Waals surface area contributed by atoms with E-state index in [-0.39, 0.29) is 23.2 Å². The first kappa shape index (κ1) is 19.3. The fourth-order valence-corrected chi connectivity index (χ4v) is 4.39. The molecule has 24 heavy (non-hydrogen) atoms. The van der Waals surface area contributed by atoms with Gasteiger partial charge in [-0.2, -0.15) is 0 Å². The minimum atomic E-state index is -0.301. The Kier molecular flexibility index (Phi) is 5.98. The van der Waals surface area contributed by atoms with Crippen LogP contribution in [0.25, 0.3) is 0 Å². The molecule has 134 valence electrons. The van der Waals surface area contributed by atoms with Crippen molar-refractivity contribution in [2.45, 2.75) is 57.8 Å². The van der Waals surface area contributed by atoms with E-state index in [1.54, 1.807) is 0 Å². The molecular weight excluding hydrogens is 320 g/mol. The van der Waals surface area contributed by atoms with Gasteiger partial charge in [0.1, 0.15) is 0 Å². The third-order valence-electron chi connectivity index (χ3n) is 6.03. The van der Waals surface area contributed by atoms with E-state index in [2.05, 4.69) is 43.0 Å². The third kappa shape index (κ3) is 3.48. The number of amides is 1. The highest BCUT2D eigenvalue weighted by molar-refractivity contribution is 5.88. The zero-order chi connectivity index (χ0) is 16.5. The molecule has 1 saturated heterocycles. The van der Waals surface area contributed by atoms with Crippen molar-refractivity contribution in [1.29, 1.82) is 0 Å². The summed E-state index contributed by atoms with van der Waals surface area (Å²) in [5, 5.41) is 0. The fraction of sp³-hybridized carbons (Fsp3) is 0.650. The molecule has 1 amide bonds. The number of likely N-dealkylation sites (tertiary alicyclic amines) is 1. The molecule has 1 aliphatic carbocycles. The Morgan fingerprint density at radius 3 is 2.50 bits per heavy atom. The van der Waals surface area contributed by atoms with Crippen LogP contribution in [-0.4, -0.2) is 30.4 Å². The van der Waals surface area contributed by atoms with E-state index in [0.717, 1.165) is 45.2 Å². The molecule has 1 saturated carbocycles. The molecule has 0 bridgehead atoms. The average Bonchev–Trinajstić information content (AvgIpc) is 2.98. The van der Waals surface area contributed by atoms with Crippen molar-refractivity contribution in [3.05, 3.63) is 35.4 Å². The third-order valence-corrected chi connectivity index (χ3v) is 6.03. The van der Waals surface area contributed by atoms with Crippen molar-refractivity contribution in [1.82, 2.24) is 4.90 Å². The molecule has 1 unspecified atom stereocenters. The van der Waals surface area contributed by atoms with E-state index in [1.807, 2.05) is 0 Å². The monoisotopic (exact) mass is 350 g/mol. The van der Waals surface area contributed by atoms with Gasteiger partial charge in [-0.1, -0.05) is 56.0 Å². The SMILES string of the molecule is Cc1cccc(C2(C(=O)N3CCC(C)(CN)C3)CCCCC2)c1.Cl. The number of hydrogen-bond donors (Lipinski definition) is 1. The minimum Gasteiger partial charge on any atom is -0.341 e. The van der Waals surface area contributed by atoms with E-state index >= 15 is 0 Å². The van der Waals surface area contributed by atoms with Crippen molar-refractivity contribution in [2.75, 3.05) is 19.6 Å². The molecule has 4 heteroatoms. The van der Waals surface area contributed by atoms with Gasteiger partial charge in [0.15, 0.2) is 0 Å². The lowest BCUT2D eigenvalue weighted by Crippen LogP contribution is -2.48. The normalized spacial score (nSPS) is 26.0. The number of benzene rings is 1. The highest BCUT2D eigenvalue weighted by Gasteiger charge is 2.46. The maximum absolute atomic E-state index is 13.5. The molecular formula is C20H31ClN2O. The molecule has 1 aliphatic heterocycles. The number of aryl methyl sites for hydroxylation is 1. The minimum absolute atomic E-state index is 0. The van der Waals surface area contributed by atoms with Crippen LogP contribution < -0.4 is 5.73 Å². The molecule has 2 N–H and O–H groups in total. The lowest BCUT2D eigenvalue weighted by Gasteiger charge is -2.40. The number of rotatable bonds is 3. The van der Waals surface area contributed by atoms with Crippen LogP contribution in [0.1, 0.15) is 56.6 Å². The Labute approximate surface area is 152 Å². The number of halogens is 1. The van der Waals surface area contributed by atoms with Crippen LogP contribution in [-0.2, 0) is 10.2 Å². The standard InChI is InChI=1S/C20H30N2O.ClH/c1-16-7-6-8-17(13-16)20(9-4-3-5-10-20)18(23)22-12-11-19(2,14-21)15-22;/h6-8,13H,3-5,9-12,14-15,21H2,1-2H3;1H. The number of nitrogens with two attached hydrogens (primary N) is 1. The van der Waals surface area contributed by atoms with Crippen LogP contribution in [0.3, 0.4) is 0 Å². The number of hydrogen-bond acceptors (Lipinski definition) is 2. The zero-order valence-corrected chi connectivity index (χ0v) is 15.8. The van der Waals surface area contributed by atoms with E-state index < -0.39 is 0 Å². The van der Waals surface area contributed by atoms with Crippen molar-refractivity contribution in [3.8, 4) is 0 Å². The smallest absolute Gasteiger partial charge is 0.233 e. The summed E-state index contributed by atoms with van der Waals surface area (Å²) < 4.78 is 0. The summed E-state index contributed by atoms with van der Waals surface area (Å²) in [6, 6.07) is 8.60. The Morgan fingerprint density at radius 2 is 1.92 bits per heavy atom. The molecule has 0 radical (unpaired) electrons. The first-order valence-corrected chi connectivity index (χ1v) is 9.06. The average molecular weight is 351 g/mol. The predicted molar refractivity (Wildman–Crippen MR) is 102 cm³/mol. The second-order valence-corrected chi connectivity index (χ2v) is 8.00. The molecule has 0 aromatic heterocycles. The summed E-state index contributed by atoms with van der Waals surface area (Å²) in [5.41, 5.74) is 8.20. The van der Waals surface area contributed by atoms with Crippen LogP contribution in [0.2, 0.25) is 0 Å². The Hall–Kier alpha value is -1.06. The predicted octanol–water partition coefficient (Wildman–Crippen LogP) is 3.82. The van der Waals surface area contributed by atoms with Crippen molar-refractivity contribution in [2.24, 2.45) is 11.1 Å². The first-order valence-electron chi connectivity index (χ1n) is 9.06. The molecule has 2 fully saturated rings. The largest absolute Gasteiger partial charge is 0.341 e. The summed E-state index contributed by atoms with van der Waals surface area (Å²) in [5.74, 6) is 0.347. The maximum atomic E-state index is 13.5. The Morgan fingerprint density at radius 1 is 1.21 bits per heavy atom. The highest BCUT2D eigenvalue weighted by atomic mass is 35.5. The topological polar surface area (TPSA) is 46.3 Å².